The van der Waals surface area contributed by atoms with Crippen molar-refractivity contribution in [2.45, 2.75) is 6.54 Å². The van der Waals surface area contributed by atoms with Gasteiger partial charge in [0.15, 0.2) is 0 Å². The fourth-order valence-corrected chi connectivity index (χ4v) is 4.62. The fourth-order valence-electron chi connectivity index (χ4n) is 3.19. The second-order valence-electron chi connectivity index (χ2n) is 6.55. The molecule has 1 fully saturated rings. The summed E-state index contributed by atoms with van der Waals surface area (Å²) in [6.45, 7) is 4.44. The van der Waals surface area contributed by atoms with Gasteiger partial charge in [0.25, 0.3) is 5.56 Å². The van der Waals surface area contributed by atoms with Gasteiger partial charge in [-0.25, -0.2) is 9.67 Å². The topological polar surface area (TPSA) is 54.3 Å². The van der Waals surface area contributed by atoms with Crippen LogP contribution in [-0.4, -0.2) is 45.8 Å². The molecular weight excluding hydrogens is 426 g/mol. The molecule has 4 rings (SSSR count). The quantitative estimate of drug-likeness (QED) is 0.617. The van der Waals surface area contributed by atoms with Crippen LogP contribution in [0.15, 0.2) is 51.2 Å². The summed E-state index contributed by atoms with van der Waals surface area (Å²) < 4.78 is 1.93. The van der Waals surface area contributed by atoms with E-state index in [1.807, 2.05) is 18.2 Å². The minimum absolute atomic E-state index is 0.106. The lowest BCUT2D eigenvalue weighted by atomic mass is 10.2. The molecule has 0 N–H and O–H groups in total. The summed E-state index contributed by atoms with van der Waals surface area (Å²) in [5.74, 6) is 0. The van der Waals surface area contributed by atoms with Crippen molar-refractivity contribution in [3.05, 3.63) is 62.4 Å². The van der Waals surface area contributed by atoms with E-state index in [9.17, 15) is 4.79 Å². The van der Waals surface area contributed by atoms with Crippen molar-refractivity contribution >= 4 is 33.0 Å². The molecule has 0 saturated carbocycles. The number of rotatable bonds is 4. The molecule has 1 aliphatic rings. The number of hydrogen-bond donors (Lipinski definition) is 0. The van der Waals surface area contributed by atoms with Gasteiger partial charge in [-0.1, -0.05) is 30.3 Å². The van der Waals surface area contributed by atoms with E-state index in [0.717, 1.165) is 49.1 Å². The standard InChI is InChI=1S/C19H20BrN5OS/c1-23-19(26)17(20)16(11-21-23)25-9-7-24(8-10-25)12-15-13-27-18(22-15)14-5-3-2-4-6-14/h2-6,11,13H,7-10,12H2,1H3. The van der Waals surface area contributed by atoms with Crippen LogP contribution in [0.4, 0.5) is 5.69 Å². The van der Waals surface area contributed by atoms with Gasteiger partial charge in [-0.05, 0) is 15.9 Å². The second-order valence-corrected chi connectivity index (χ2v) is 8.20. The van der Waals surface area contributed by atoms with Crippen molar-refractivity contribution in [2.24, 2.45) is 7.05 Å². The molecule has 0 atom stereocenters. The Hall–Kier alpha value is -2.03. The van der Waals surface area contributed by atoms with Crippen molar-refractivity contribution < 1.29 is 0 Å². The molecule has 0 aliphatic carbocycles. The van der Waals surface area contributed by atoms with Crippen LogP contribution >= 0.6 is 27.3 Å². The van der Waals surface area contributed by atoms with Gasteiger partial charge in [-0.3, -0.25) is 9.69 Å². The van der Waals surface area contributed by atoms with Gasteiger partial charge in [-0.15, -0.1) is 11.3 Å². The lowest BCUT2D eigenvalue weighted by Crippen LogP contribution is -2.46. The Morgan fingerprint density at radius 3 is 2.63 bits per heavy atom. The average Bonchev–Trinajstić information content (AvgIpc) is 3.16. The third-order valence-electron chi connectivity index (χ3n) is 4.73. The minimum Gasteiger partial charge on any atom is -0.367 e. The van der Waals surface area contributed by atoms with Gasteiger partial charge in [0, 0.05) is 50.7 Å². The van der Waals surface area contributed by atoms with Crippen LogP contribution in [-0.2, 0) is 13.6 Å². The molecule has 0 radical (unpaired) electrons. The maximum Gasteiger partial charge on any atom is 0.282 e. The van der Waals surface area contributed by atoms with Gasteiger partial charge < -0.3 is 4.90 Å². The SMILES string of the molecule is Cn1ncc(N2CCN(Cc3csc(-c4ccccc4)n3)CC2)c(Br)c1=O. The van der Waals surface area contributed by atoms with Crippen molar-refractivity contribution in [2.75, 3.05) is 31.1 Å². The summed E-state index contributed by atoms with van der Waals surface area (Å²) in [5.41, 5.74) is 3.05. The van der Waals surface area contributed by atoms with Crippen LogP contribution in [0.3, 0.4) is 0 Å². The molecule has 0 spiro atoms. The average molecular weight is 446 g/mol. The summed E-state index contributed by atoms with van der Waals surface area (Å²) in [5, 5.41) is 7.36. The van der Waals surface area contributed by atoms with Gasteiger partial charge in [0.2, 0.25) is 0 Å². The maximum absolute atomic E-state index is 12.1. The number of aryl methyl sites for hydroxylation is 1. The predicted molar refractivity (Wildman–Crippen MR) is 112 cm³/mol. The zero-order valence-corrected chi connectivity index (χ0v) is 17.4. The van der Waals surface area contributed by atoms with E-state index < -0.39 is 0 Å². The largest absolute Gasteiger partial charge is 0.367 e. The van der Waals surface area contributed by atoms with Gasteiger partial charge in [0.1, 0.15) is 9.48 Å². The Morgan fingerprint density at radius 2 is 1.89 bits per heavy atom. The van der Waals surface area contributed by atoms with Crippen molar-refractivity contribution in [3.63, 3.8) is 0 Å². The highest BCUT2D eigenvalue weighted by Gasteiger charge is 2.21. The lowest BCUT2D eigenvalue weighted by Gasteiger charge is -2.35. The summed E-state index contributed by atoms with van der Waals surface area (Å²) in [7, 11) is 1.66. The molecule has 8 heteroatoms. The van der Waals surface area contributed by atoms with Crippen molar-refractivity contribution in [1.29, 1.82) is 0 Å². The first-order chi connectivity index (χ1) is 13.1. The molecular formula is C19H20BrN5OS. The molecule has 6 nitrogen and oxygen atoms in total. The monoisotopic (exact) mass is 445 g/mol. The summed E-state index contributed by atoms with van der Waals surface area (Å²) in [6.07, 6.45) is 1.76. The van der Waals surface area contributed by atoms with E-state index in [4.69, 9.17) is 4.98 Å². The van der Waals surface area contributed by atoms with Crippen molar-refractivity contribution in [3.8, 4) is 10.6 Å². The molecule has 140 valence electrons. The number of thiazole rings is 1. The van der Waals surface area contributed by atoms with E-state index >= 15 is 0 Å². The number of benzene rings is 1. The number of piperazine rings is 1. The molecule has 0 amide bonds. The Labute approximate surface area is 170 Å². The van der Waals surface area contributed by atoms with Crippen LogP contribution < -0.4 is 10.5 Å². The third kappa shape index (κ3) is 3.97. The molecule has 0 unspecified atom stereocenters. The number of anilines is 1. The van der Waals surface area contributed by atoms with E-state index in [-0.39, 0.29) is 5.56 Å². The molecule has 2 aromatic heterocycles. The first kappa shape index (κ1) is 18.3. The zero-order valence-electron chi connectivity index (χ0n) is 15.0. The number of halogens is 1. The molecule has 0 bridgehead atoms. The maximum atomic E-state index is 12.1. The van der Waals surface area contributed by atoms with Gasteiger partial charge >= 0.3 is 0 Å². The zero-order chi connectivity index (χ0) is 18.8. The molecule has 1 aromatic carbocycles. The first-order valence-corrected chi connectivity index (χ1v) is 10.5. The Bertz CT molecular complexity index is 979. The highest BCUT2D eigenvalue weighted by atomic mass is 79.9. The Kier molecular flexibility index (Phi) is 5.38. The van der Waals surface area contributed by atoms with E-state index in [0.29, 0.717) is 4.47 Å². The molecule has 1 aliphatic heterocycles. The highest BCUT2D eigenvalue weighted by molar-refractivity contribution is 9.10. The van der Waals surface area contributed by atoms with E-state index in [1.165, 1.54) is 10.2 Å². The van der Waals surface area contributed by atoms with Crippen LogP contribution in [0, 0.1) is 0 Å². The van der Waals surface area contributed by atoms with E-state index in [2.05, 4.69) is 48.3 Å². The van der Waals surface area contributed by atoms with Gasteiger partial charge in [-0.2, -0.15) is 5.10 Å². The Balaban J connectivity index is 1.38. The van der Waals surface area contributed by atoms with Crippen LogP contribution in [0.1, 0.15) is 5.69 Å². The first-order valence-electron chi connectivity index (χ1n) is 8.81. The highest BCUT2D eigenvalue weighted by Crippen LogP contribution is 2.25. The van der Waals surface area contributed by atoms with Gasteiger partial charge in [0.05, 0.1) is 17.6 Å². The van der Waals surface area contributed by atoms with Crippen LogP contribution in [0.25, 0.3) is 10.6 Å². The van der Waals surface area contributed by atoms with Crippen LogP contribution in [0.2, 0.25) is 0 Å². The van der Waals surface area contributed by atoms with E-state index in [1.54, 1.807) is 24.6 Å². The smallest absolute Gasteiger partial charge is 0.282 e. The molecule has 3 heterocycles. The predicted octanol–water partition coefficient (Wildman–Crippen LogP) is 2.99. The summed E-state index contributed by atoms with van der Waals surface area (Å²) in [6, 6.07) is 10.3. The second kappa shape index (κ2) is 7.92. The number of aromatic nitrogens is 3. The normalized spacial score (nSPS) is 15.3. The van der Waals surface area contributed by atoms with Crippen LogP contribution in [0.5, 0.6) is 0 Å². The number of hydrogen-bond acceptors (Lipinski definition) is 6. The third-order valence-corrected chi connectivity index (χ3v) is 6.42. The fraction of sp³-hybridized carbons (Fsp3) is 0.316. The molecule has 3 aromatic rings. The summed E-state index contributed by atoms with van der Waals surface area (Å²) >= 11 is 5.12. The lowest BCUT2D eigenvalue weighted by molar-refractivity contribution is 0.247. The number of nitrogens with zero attached hydrogens (tertiary/aromatic N) is 5. The minimum atomic E-state index is -0.106. The molecule has 1 saturated heterocycles. The molecule has 27 heavy (non-hydrogen) atoms. The summed E-state index contributed by atoms with van der Waals surface area (Å²) in [4.78, 5) is 21.5. The Morgan fingerprint density at radius 1 is 1.15 bits per heavy atom. The van der Waals surface area contributed by atoms with Crippen molar-refractivity contribution in [1.82, 2.24) is 19.7 Å².